The molecule has 2 rings (SSSR count). The van der Waals surface area contributed by atoms with Gasteiger partial charge in [-0.25, -0.2) is 0 Å². The minimum atomic E-state index is 0.403. The smallest absolute Gasteiger partial charge is 0.0644 e. The van der Waals surface area contributed by atoms with Crippen LogP contribution in [0.1, 0.15) is 36.3 Å². The van der Waals surface area contributed by atoms with E-state index in [4.69, 9.17) is 5.10 Å². The maximum Gasteiger partial charge on any atom is 0.0644 e. The number of benzene rings is 1. The Hall–Kier alpha value is -1.26. The highest BCUT2D eigenvalue weighted by Crippen LogP contribution is 2.24. The van der Waals surface area contributed by atoms with E-state index < -0.39 is 0 Å². The molecule has 3 nitrogen and oxygen atoms in total. The van der Waals surface area contributed by atoms with Crippen molar-refractivity contribution in [1.82, 2.24) is 15.1 Å². The van der Waals surface area contributed by atoms with E-state index in [0.29, 0.717) is 6.04 Å². The summed E-state index contributed by atoms with van der Waals surface area (Å²) in [6.45, 7) is 7.46. The van der Waals surface area contributed by atoms with E-state index in [1.807, 2.05) is 18.8 Å². The zero-order valence-electron chi connectivity index (χ0n) is 13.4. The summed E-state index contributed by atoms with van der Waals surface area (Å²) in [6.07, 6.45) is 1.09. The molecule has 1 N–H and O–H groups in total. The lowest BCUT2D eigenvalue weighted by Gasteiger charge is -2.14. The Balaban J connectivity index is 2.03. The third kappa shape index (κ3) is 3.89. The number of aromatic nitrogens is 2. The molecule has 1 unspecified atom stereocenters. The van der Waals surface area contributed by atoms with E-state index in [-0.39, 0.29) is 0 Å². The first kappa shape index (κ1) is 16.1. The fourth-order valence-corrected chi connectivity index (χ4v) is 3.60. The summed E-state index contributed by atoms with van der Waals surface area (Å²) >= 11 is 1.88. The largest absolute Gasteiger partial charge is 0.313 e. The monoisotopic (exact) mass is 303 g/mol. The summed E-state index contributed by atoms with van der Waals surface area (Å²) in [5.74, 6) is 1.04. The SMILES string of the molecule is CCC(NC)c1c(C)nn(CCSc2ccccc2)c1C. The van der Waals surface area contributed by atoms with Gasteiger partial charge in [-0.15, -0.1) is 11.8 Å². The maximum absolute atomic E-state index is 4.72. The summed E-state index contributed by atoms with van der Waals surface area (Å²) in [4.78, 5) is 1.32. The Bertz CT molecular complexity index is 559. The molecular weight excluding hydrogens is 278 g/mol. The van der Waals surface area contributed by atoms with Crippen LogP contribution in [0.5, 0.6) is 0 Å². The number of aryl methyl sites for hydroxylation is 2. The molecule has 0 bridgehead atoms. The Labute approximate surface area is 132 Å². The first-order chi connectivity index (χ1) is 10.2. The number of thioether (sulfide) groups is 1. The lowest BCUT2D eigenvalue weighted by Crippen LogP contribution is -2.17. The molecule has 0 aliphatic heterocycles. The molecule has 0 spiro atoms. The third-order valence-electron chi connectivity index (χ3n) is 3.86. The molecule has 114 valence electrons. The first-order valence-corrected chi connectivity index (χ1v) is 8.55. The van der Waals surface area contributed by atoms with Crippen LogP contribution < -0.4 is 5.32 Å². The standard InChI is InChI=1S/C17H25N3S/c1-5-16(18-4)17-13(2)19-20(14(17)3)11-12-21-15-9-7-6-8-10-15/h6-10,16,18H,5,11-12H2,1-4H3. The zero-order valence-corrected chi connectivity index (χ0v) is 14.2. The van der Waals surface area contributed by atoms with Crippen LogP contribution in [0.4, 0.5) is 0 Å². The van der Waals surface area contributed by atoms with Gasteiger partial charge in [0.1, 0.15) is 0 Å². The van der Waals surface area contributed by atoms with Crippen LogP contribution >= 0.6 is 11.8 Å². The molecule has 1 atom stereocenters. The average molecular weight is 303 g/mol. The van der Waals surface area contributed by atoms with Gasteiger partial charge in [-0.3, -0.25) is 4.68 Å². The van der Waals surface area contributed by atoms with Crippen molar-refractivity contribution < 1.29 is 0 Å². The third-order valence-corrected chi connectivity index (χ3v) is 4.85. The van der Waals surface area contributed by atoms with Crippen LogP contribution in [-0.4, -0.2) is 22.6 Å². The summed E-state index contributed by atoms with van der Waals surface area (Å²) in [7, 11) is 2.02. The predicted octanol–water partition coefficient (Wildman–Crippen LogP) is 3.96. The fraction of sp³-hybridized carbons (Fsp3) is 0.471. The minimum absolute atomic E-state index is 0.403. The number of rotatable bonds is 7. The Morgan fingerprint density at radius 1 is 1.24 bits per heavy atom. The molecule has 0 saturated carbocycles. The summed E-state index contributed by atoms with van der Waals surface area (Å²) < 4.78 is 2.15. The van der Waals surface area contributed by atoms with Crippen molar-refractivity contribution in [3.8, 4) is 0 Å². The normalized spacial score (nSPS) is 12.6. The lowest BCUT2D eigenvalue weighted by atomic mass is 10.0. The van der Waals surface area contributed by atoms with Gasteiger partial charge in [0.15, 0.2) is 0 Å². The van der Waals surface area contributed by atoms with E-state index in [1.165, 1.54) is 16.2 Å². The molecule has 0 aliphatic rings. The van der Waals surface area contributed by atoms with Crippen LogP contribution in [-0.2, 0) is 6.54 Å². The second kappa shape index (κ2) is 7.66. The Morgan fingerprint density at radius 2 is 1.95 bits per heavy atom. The highest BCUT2D eigenvalue weighted by molar-refractivity contribution is 7.99. The zero-order chi connectivity index (χ0) is 15.2. The van der Waals surface area contributed by atoms with Crippen molar-refractivity contribution in [2.24, 2.45) is 0 Å². The predicted molar refractivity (Wildman–Crippen MR) is 91.0 cm³/mol. The molecule has 4 heteroatoms. The second-order valence-corrected chi connectivity index (χ2v) is 6.39. The fourth-order valence-electron chi connectivity index (χ4n) is 2.75. The molecule has 1 heterocycles. The first-order valence-electron chi connectivity index (χ1n) is 7.56. The van der Waals surface area contributed by atoms with Crippen molar-refractivity contribution in [2.45, 2.75) is 44.7 Å². The highest BCUT2D eigenvalue weighted by atomic mass is 32.2. The van der Waals surface area contributed by atoms with Crippen molar-refractivity contribution in [2.75, 3.05) is 12.8 Å². The molecule has 0 aliphatic carbocycles. The van der Waals surface area contributed by atoms with Crippen LogP contribution in [0.25, 0.3) is 0 Å². The van der Waals surface area contributed by atoms with Crippen molar-refractivity contribution in [1.29, 1.82) is 0 Å². The van der Waals surface area contributed by atoms with Gasteiger partial charge in [0.25, 0.3) is 0 Å². The van der Waals surface area contributed by atoms with E-state index in [9.17, 15) is 0 Å². The van der Waals surface area contributed by atoms with Gasteiger partial charge >= 0.3 is 0 Å². The highest BCUT2D eigenvalue weighted by Gasteiger charge is 2.18. The number of nitrogens with zero attached hydrogens (tertiary/aromatic N) is 2. The van der Waals surface area contributed by atoms with Gasteiger partial charge in [0, 0.05) is 27.9 Å². The van der Waals surface area contributed by atoms with Gasteiger partial charge < -0.3 is 5.32 Å². The van der Waals surface area contributed by atoms with Crippen molar-refractivity contribution in [3.63, 3.8) is 0 Å². The van der Waals surface area contributed by atoms with Crippen molar-refractivity contribution in [3.05, 3.63) is 47.3 Å². The van der Waals surface area contributed by atoms with Gasteiger partial charge in [-0.2, -0.15) is 5.10 Å². The summed E-state index contributed by atoms with van der Waals surface area (Å²) in [6, 6.07) is 10.9. The van der Waals surface area contributed by atoms with Crippen LogP contribution in [0.3, 0.4) is 0 Å². The van der Waals surface area contributed by atoms with Crippen LogP contribution in [0.15, 0.2) is 35.2 Å². The van der Waals surface area contributed by atoms with E-state index in [0.717, 1.165) is 24.4 Å². The second-order valence-electron chi connectivity index (χ2n) is 5.22. The molecule has 0 saturated heterocycles. The molecule has 1 aromatic heterocycles. The molecule has 1 aromatic carbocycles. The average Bonchev–Trinajstić information content (AvgIpc) is 2.78. The molecule has 0 radical (unpaired) electrons. The van der Waals surface area contributed by atoms with Crippen molar-refractivity contribution >= 4 is 11.8 Å². The van der Waals surface area contributed by atoms with Gasteiger partial charge in [-0.1, -0.05) is 25.1 Å². The van der Waals surface area contributed by atoms with Crippen LogP contribution in [0.2, 0.25) is 0 Å². The van der Waals surface area contributed by atoms with E-state index >= 15 is 0 Å². The maximum atomic E-state index is 4.72. The van der Waals surface area contributed by atoms with Crippen LogP contribution in [0, 0.1) is 13.8 Å². The van der Waals surface area contributed by atoms with E-state index in [1.54, 1.807) is 0 Å². The summed E-state index contributed by atoms with van der Waals surface area (Å²) in [5, 5.41) is 8.11. The number of hydrogen-bond acceptors (Lipinski definition) is 3. The number of nitrogens with one attached hydrogen (secondary N) is 1. The van der Waals surface area contributed by atoms with E-state index in [2.05, 4.69) is 61.1 Å². The quantitative estimate of drug-likeness (QED) is 0.785. The van der Waals surface area contributed by atoms with Gasteiger partial charge in [-0.05, 0) is 39.4 Å². The van der Waals surface area contributed by atoms with Gasteiger partial charge in [0.2, 0.25) is 0 Å². The topological polar surface area (TPSA) is 29.9 Å². The minimum Gasteiger partial charge on any atom is -0.313 e. The molecular formula is C17H25N3S. The number of hydrogen-bond donors (Lipinski definition) is 1. The summed E-state index contributed by atoms with van der Waals surface area (Å²) in [5.41, 5.74) is 3.81. The Morgan fingerprint density at radius 3 is 2.57 bits per heavy atom. The van der Waals surface area contributed by atoms with Gasteiger partial charge in [0.05, 0.1) is 12.2 Å². The lowest BCUT2D eigenvalue weighted by molar-refractivity contribution is 0.567. The molecule has 21 heavy (non-hydrogen) atoms. The molecule has 0 amide bonds. The molecule has 0 fully saturated rings. The molecule has 2 aromatic rings. The Kier molecular flexibility index (Phi) is 5.88.